The second kappa shape index (κ2) is 8.46. The second-order valence-corrected chi connectivity index (χ2v) is 6.96. The van der Waals surface area contributed by atoms with E-state index >= 15 is 0 Å². The van der Waals surface area contributed by atoms with Gasteiger partial charge < -0.3 is 25.4 Å². The number of carbonyl (C=O) groups excluding carboxylic acids is 1. The van der Waals surface area contributed by atoms with E-state index in [4.69, 9.17) is 14.8 Å². The lowest BCUT2D eigenvalue weighted by molar-refractivity contribution is 0.122. The monoisotopic (exact) mass is 396 g/mol. The molecule has 4 rings (SSSR count). The molecule has 1 aliphatic rings. The molecule has 0 unspecified atom stereocenters. The maximum absolute atomic E-state index is 11.9. The van der Waals surface area contributed by atoms with Gasteiger partial charge in [0, 0.05) is 30.5 Å². The zero-order valence-electron chi connectivity index (χ0n) is 16.2. The number of amides is 2. The van der Waals surface area contributed by atoms with Gasteiger partial charge in [-0.25, -0.2) is 14.3 Å². The fraction of sp³-hybridized carbons (Fsp3) is 0.350. The van der Waals surface area contributed by atoms with Gasteiger partial charge in [-0.3, -0.25) is 0 Å². The lowest BCUT2D eigenvalue weighted by atomic mass is 10.2. The number of nitrogens with one attached hydrogen (secondary N) is 2. The standard InChI is InChI=1S/C20H24N6O3/c1-14(13-27)21-20(28)22-16-6-4-15(5-7-16)18-23-19(25-9-11-29-12-10-25)17-3-2-8-26(17)24-18/h2-8,14,27H,9-13H2,1H3,(H2,21,22,28)/t14-/m1/s1. The van der Waals surface area contributed by atoms with Gasteiger partial charge in [-0.15, -0.1) is 5.10 Å². The van der Waals surface area contributed by atoms with Crippen LogP contribution in [0.25, 0.3) is 16.9 Å². The number of morpholine rings is 1. The molecule has 1 atom stereocenters. The number of carbonyl (C=O) groups is 1. The molecule has 3 aromatic rings. The molecule has 0 radical (unpaired) electrons. The molecule has 2 aromatic heterocycles. The Morgan fingerprint density at radius 1 is 1.24 bits per heavy atom. The van der Waals surface area contributed by atoms with Gasteiger partial charge in [0.15, 0.2) is 11.6 Å². The van der Waals surface area contributed by atoms with E-state index in [1.54, 1.807) is 19.1 Å². The fourth-order valence-electron chi connectivity index (χ4n) is 3.19. The number of anilines is 2. The summed E-state index contributed by atoms with van der Waals surface area (Å²) < 4.78 is 7.30. The van der Waals surface area contributed by atoms with Crippen LogP contribution >= 0.6 is 0 Å². The third-order valence-corrected chi connectivity index (χ3v) is 4.73. The van der Waals surface area contributed by atoms with E-state index in [1.807, 2.05) is 35.0 Å². The highest BCUT2D eigenvalue weighted by molar-refractivity contribution is 5.89. The molecule has 152 valence electrons. The molecule has 3 heterocycles. The number of hydrogen-bond donors (Lipinski definition) is 3. The van der Waals surface area contributed by atoms with Crippen molar-refractivity contribution in [2.75, 3.05) is 43.1 Å². The lowest BCUT2D eigenvalue weighted by Gasteiger charge is -2.28. The van der Waals surface area contributed by atoms with Crippen molar-refractivity contribution >= 4 is 23.1 Å². The van der Waals surface area contributed by atoms with Crippen LogP contribution in [0.5, 0.6) is 0 Å². The number of benzene rings is 1. The summed E-state index contributed by atoms with van der Waals surface area (Å²) in [5.41, 5.74) is 2.46. The van der Waals surface area contributed by atoms with Gasteiger partial charge in [-0.1, -0.05) is 0 Å². The van der Waals surface area contributed by atoms with Crippen molar-refractivity contribution in [1.82, 2.24) is 19.9 Å². The molecule has 0 saturated carbocycles. The van der Waals surface area contributed by atoms with Crippen molar-refractivity contribution in [2.45, 2.75) is 13.0 Å². The summed E-state index contributed by atoms with van der Waals surface area (Å²) in [5, 5.41) is 19.0. The summed E-state index contributed by atoms with van der Waals surface area (Å²) in [5.74, 6) is 1.50. The second-order valence-electron chi connectivity index (χ2n) is 6.96. The molecule has 0 bridgehead atoms. The number of aliphatic hydroxyl groups is 1. The topological polar surface area (TPSA) is 104 Å². The number of nitrogens with zero attached hydrogens (tertiary/aromatic N) is 4. The molecule has 0 aliphatic carbocycles. The van der Waals surface area contributed by atoms with Gasteiger partial charge in [0.25, 0.3) is 0 Å². The highest BCUT2D eigenvalue weighted by Gasteiger charge is 2.18. The van der Waals surface area contributed by atoms with E-state index in [0.29, 0.717) is 24.7 Å². The van der Waals surface area contributed by atoms with Crippen molar-refractivity contribution in [3.05, 3.63) is 42.6 Å². The third-order valence-electron chi connectivity index (χ3n) is 4.73. The normalized spacial score (nSPS) is 15.3. The third kappa shape index (κ3) is 4.30. The summed E-state index contributed by atoms with van der Waals surface area (Å²) in [4.78, 5) is 18.9. The van der Waals surface area contributed by atoms with E-state index in [1.165, 1.54) is 0 Å². The van der Waals surface area contributed by atoms with Gasteiger partial charge in [0.2, 0.25) is 0 Å². The Balaban J connectivity index is 1.57. The van der Waals surface area contributed by atoms with Gasteiger partial charge in [-0.2, -0.15) is 0 Å². The maximum atomic E-state index is 11.9. The zero-order valence-corrected chi connectivity index (χ0v) is 16.2. The number of aromatic nitrogens is 3. The minimum absolute atomic E-state index is 0.114. The Labute approximate surface area is 168 Å². The number of ether oxygens (including phenoxy) is 1. The minimum Gasteiger partial charge on any atom is -0.394 e. The van der Waals surface area contributed by atoms with E-state index < -0.39 is 0 Å². The minimum atomic E-state index is -0.362. The highest BCUT2D eigenvalue weighted by atomic mass is 16.5. The van der Waals surface area contributed by atoms with Crippen LogP contribution in [0.3, 0.4) is 0 Å². The summed E-state index contributed by atoms with van der Waals surface area (Å²) in [6.45, 7) is 4.57. The van der Waals surface area contributed by atoms with E-state index in [2.05, 4.69) is 20.6 Å². The average Bonchev–Trinajstić information content (AvgIpc) is 3.23. The zero-order chi connectivity index (χ0) is 20.2. The van der Waals surface area contributed by atoms with Crippen LogP contribution in [0.4, 0.5) is 16.3 Å². The van der Waals surface area contributed by atoms with Gasteiger partial charge >= 0.3 is 6.03 Å². The van der Waals surface area contributed by atoms with Crippen LogP contribution in [-0.2, 0) is 4.74 Å². The Morgan fingerprint density at radius 2 is 2.00 bits per heavy atom. The molecule has 29 heavy (non-hydrogen) atoms. The molecule has 1 fully saturated rings. The molecule has 1 saturated heterocycles. The first-order valence-electron chi connectivity index (χ1n) is 9.61. The van der Waals surface area contributed by atoms with Crippen molar-refractivity contribution in [2.24, 2.45) is 0 Å². The summed E-state index contributed by atoms with van der Waals surface area (Å²) in [6.07, 6.45) is 1.91. The Morgan fingerprint density at radius 3 is 2.72 bits per heavy atom. The molecule has 1 aliphatic heterocycles. The molecular formula is C20H24N6O3. The van der Waals surface area contributed by atoms with Crippen LogP contribution in [0.1, 0.15) is 6.92 Å². The van der Waals surface area contributed by atoms with Gasteiger partial charge in [-0.05, 0) is 43.3 Å². The quantitative estimate of drug-likeness (QED) is 0.607. The first kappa shape index (κ1) is 19.2. The van der Waals surface area contributed by atoms with Crippen LogP contribution in [0, 0.1) is 0 Å². The SMILES string of the molecule is C[C@H](CO)NC(=O)Nc1ccc(-c2nc(N3CCOCC3)c3cccn3n2)cc1. The van der Waals surface area contributed by atoms with Crippen LogP contribution in [0.2, 0.25) is 0 Å². The molecule has 2 amide bonds. The Kier molecular flexibility index (Phi) is 5.59. The first-order valence-corrected chi connectivity index (χ1v) is 9.61. The van der Waals surface area contributed by atoms with E-state index in [-0.39, 0.29) is 18.7 Å². The summed E-state index contributed by atoms with van der Waals surface area (Å²) in [7, 11) is 0. The smallest absolute Gasteiger partial charge is 0.319 e. The summed E-state index contributed by atoms with van der Waals surface area (Å²) >= 11 is 0. The maximum Gasteiger partial charge on any atom is 0.319 e. The van der Waals surface area contributed by atoms with Crippen LogP contribution < -0.4 is 15.5 Å². The predicted molar refractivity (Wildman–Crippen MR) is 110 cm³/mol. The van der Waals surface area contributed by atoms with Gasteiger partial charge in [0.05, 0.1) is 25.9 Å². The molecular weight excluding hydrogens is 372 g/mol. The molecule has 1 aromatic carbocycles. The van der Waals surface area contributed by atoms with Crippen molar-refractivity contribution < 1.29 is 14.6 Å². The van der Waals surface area contributed by atoms with Crippen molar-refractivity contribution in [3.8, 4) is 11.4 Å². The van der Waals surface area contributed by atoms with Crippen molar-refractivity contribution in [3.63, 3.8) is 0 Å². The van der Waals surface area contributed by atoms with Crippen LogP contribution in [-0.4, -0.2) is 64.7 Å². The predicted octanol–water partition coefficient (Wildman–Crippen LogP) is 1.74. The van der Waals surface area contributed by atoms with Crippen LogP contribution in [0.15, 0.2) is 42.6 Å². The molecule has 3 N–H and O–H groups in total. The Bertz CT molecular complexity index is 982. The number of hydrogen-bond acceptors (Lipinski definition) is 6. The van der Waals surface area contributed by atoms with E-state index in [0.717, 1.165) is 30.0 Å². The first-order chi connectivity index (χ1) is 14.1. The molecule has 9 nitrogen and oxygen atoms in total. The molecule has 9 heteroatoms. The molecule has 0 spiro atoms. The summed E-state index contributed by atoms with van der Waals surface area (Å²) in [6, 6.07) is 10.6. The largest absolute Gasteiger partial charge is 0.394 e. The highest BCUT2D eigenvalue weighted by Crippen LogP contribution is 2.25. The van der Waals surface area contributed by atoms with Crippen molar-refractivity contribution in [1.29, 1.82) is 0 Å². The average molecular weight is 396 g/mol. The van der Waals surface area contributed by atoms with E-state index in [9.17, 15) is 4.79 Å². The fourth-order valence-corrected chi connectivity index (χ4v) is 3.19. The lowest BCUT2D eigenvalue weighted by Crippen LogP contribution is -2.38. The number of aliphatic hydroxyl groups excluding tert-OH is 1. The Hall–Kier alpha value is -3.17. The number of rotatable bonds is 5. The number of urea groups is 1. The number of fused-ring (bicyclic) bond motifs is 1. The van der Waals surface area contributed by atoms with Gasteiger partial charge in [0.1, 0.15) is 5.52 Å².